The molecule has 2 N–H and O–H groups in total. The SMILES string of the molecule is CCC(OC1CCCCC1)C(=O)NCC1CCCNC1.Cl. The maximum absolute atomic E-state index is 12.2. The predicted molar refractivity (Wildman–Crippen MR) is 87.9 cm³/mol. The third kappa shape index (κ3) is 6.54. The zero-order chi connectivity index (χ0) is 14.2. The van der Waals surface area contributed by atoms with Crippen molar-refractivity contribution >= 4 is 18.3 Å². The van der Waals surface area contributed by atoms with Crippen LogP contribution in [0.5, 0.6) is 0 Å². The molecule has 2 aliphatic rings. The lowest BCUT2D eigenvalue weighted by molar-refractivity contribution is -0.138. The fourth-order valence-corrected chi connectivity index (χ4v) is 3.23. The van der Waals surface area contributed by atoms with E-state index < -0.39 is 0 Å². The fraction of sp³-hybridized carbons (Fsp3) is 0.938. The van der Waals surface area contributed by atoms with Crippen LogP contribution in [0.2, 0.25) is 0 Å². The largest absolute Gasteiger partial charge is 0.365 e. The monoisotopic (exact) mass is 318 g/mol. The van der Waals surface area contributed by atoms with Crippen molar-refractivity contribution < 1.29 is 9.53 Å². The van der Waals surface area contributed by atoms with Crippen LogP contribution in [0.3, 0.4) is 0 Å². The molecule has 2 rings (SSSR count). The van der Waals surface area contributed by atoms with Gasteiger partial charge in [0, 0.05) is 6.54 Å². The molecule has 1 saturated carbocycles. The molecule has 1 aliphatic heterocycles. The van der Waals surface area contributed by atoms with E-state index in [1.165, 1.54) is 32.1 Å². The third-order valence-electron chi connectivity index (χ3n) is 4.54. The Morgan fingerprint density at radius 3 is 2.62 bits per heavy atom. The van der Waals surface area contributed by atoms with E-state index in [2.05, 4.69) is 10.6 Å². The highest BCUT2D eigenvalue weighted by molar-refractivity contribution is 5.85. The first-order chi connectivity index (χ1) is 9.79. The summed E-state index contributed by atoms with van der Waals surface area (Å²) >= 11 is 0. The van der Waals surface area contributed by atoms with Crippen LogP contribution >= 0.6 is 12.4 Å². The molecule has 0 aromatic heterocycles. The number of ether oxygens (including phenoxy) is 1. The van der Waals surface area contributed by atoms with Gasteiger partial charge in [-0.05, 0) is 51.1 Å². The summed E-state index contributed by atoms with van der Waals surface area (Å²) in [4.78, 5) is 12.2. The molecule has 124 valence electrons. The van der Waals surface area contributed by atoms with Crippen LogP contribution < -0.4 is 10.6 Å². The van der Waals surface area contributed by atoms with Gasteiger partial charge in [-0.25, -0.2) is 0 Å². The summed E-state index contributed by atoms with van der Waals surface area (Å²) in [7, 11) is 0. The van der Waals surface area contributed by atoms with Gasteiger partial charge >= 0.3 is 0 Å². The molecule has 1 amide bonds. The summed E-state index contributed by atoms with van der Waals surface area (Å²) in [5.41, 5.74) is 0. The lowest BCUT2D eigenvalue weighted by Gasteiger charge is -2.28. The maximum Gasteiger partial charge on any atom is 0.249 e. The summed E-state index contributed by atoms with van der Waals surface area (Å²) in [6, 6.07) is 0. The average molecular weight is 319 g/mol. The van der Waals surface area contributed by atoms with Gasteiger partial charge in [0.05, 0.1) is 6.10 Å². The molecule has 0 spiro atoms. The van der Waals surface area contributed by atoms with Crippen molar-refractivity contribution in [3.05, 3.63) is 0 Å². The number of carbonyl (C=O) groups excluding carboxylic acids is 1. The number of amides is 1. The Morgan fingerprint density at radius 1 is 1.24 bits per heavy atom. The van der Waals surface area contributed by atoms with Crippen LogP contribution in [0, 0.1) is 5.92 Å². The van der Waals surface area contributed by atoms with Gasteiger partial charge < -0.3 is 15.4 Å². The molecular formula is C16H31ClN2O2. The zero-order valence-corrected chi connectivity index (χ0v) is 14.1. The van der Waals surface area contributed by atoms with Crippen molar-refractivity contribution in [3.63, 3.8) is 0 Å². The molecule has 1 saturated heterocycles. The second kappa shape index (κ2) is 10.4. The molecule has 4 nitrogen and oxygen atoms in total. The van der Waals surface area contributed by atoms with Crippen LogP contribution in [0.25, 0.3) is 0 Å². The molecular weight excluding hydrogens is 288 g/mol. The summed E-state index contributed by atoms with van der Waals surface area (Å²) in [5.74, 6) is 0.670. The number of nitrogens with one attached hydrogen (secondary N) is 2. The van der Waals surface area contributed by atoms with Crippen LogP contribution in [0.4, 0.5) is 0 Å². The Labute approximate surface area is 135 Å². The van der Waals surface area contributed by atoms with Gasteiger partial charge in [-0.15, -0.1) is 12.4 Å². The first kappa shape index (κ1) is 18.7. The highest BCUT2D eigenvalue weighted by Gasteiger charge is 2.24. The Morgan fingerprint density at radius 2 is 2.00 bits per heavy atom. The van der Waals surface area contributed by atoms with E-state index in [1.54, 1.807) is 0 Å². The normalized spacial score (nSPS) is 24.9. The molecule has 0 radical (unpaired) electrons. The van der Waals surface area contributed by atoms with Crippen molar-refractivity contribution in [1.82, 2.24) is 10.6 Å². The predicted octanol–water partition coefficient (Wildman–Crippen LogP) is 2.65. The van der Waals surface area contributed by atoms with Crippen molar-refractivity contribution in [2.24, 2.45) is 5.92 Å². The van der Waals surface area contributed by atoms with E-state index in [0.29, 0.717) is 12.0 Å². The number of carbonyl (C=O) groups is 1. The molecule has 21 heavy (non-hydrogen) atoms. The van der Waals surface area contributed by atoms with Crippen molar-refractivity contribution in [3.8, 4) is 0 Å². The van der Waals surface area contributed by atoms with Crippen molar-refractivity contribution in [1.29, 1.82) is 0 Å². The van der Waals surface area contributed by atoms with E-state index in [4.69, 9.17) is 4.74 Å². The first-order valence-corrected chi connectivity index (χ1v) is 8.43. The van der Waals surface area contributed by atoms with Gasteiger partial charge in [0.15, 0.2) is 0 Å². The topological polar surface area (TPSA) is 50.4 Å². The minimum absolute atomic E-state index is 0. The van der Waals surface area contributed by atoms with Gasteiger partial charge in [-0.1, -0.05) is 26.2 Å². The Kier molecular flexibility index (Phi) is 9.29. The molecule has 0 bridgehead atoms. The molecule has 2 fully saturated rings. The van der Waals surface area contributed by atoms with Gasteiger partial charge in [-0.2, -0.15) is 0 Å². The van der Waals surface area contributed by atoms with E-state index >= 15 is 0 Å². The minimum atomic E-state index is -0.255. The average Bonchev–Trinajstić information content (AvgIpc) is 2.52. The summed E-state index contributed by atoms with van der Waals surface area (Å²) in [6.07, 6.45) is 9.30. The Bertz CT molecular complexity index is 290. The highest BCUT2D eigenvalue weighted by atomic mass is 35.5. The number of piperidine rings is 1. The summed E-state index contributed by atoms with van der Waals surface area (Å²) in [6.45, 7) is 4.97. The quantitative estimate of drug-likeness (QED) is 0.791. The second-order valence-electron chi connectivity index (χ2n) is 6.25. The van der Waals surface area contributed by atoms with E-state index in [0.717, 1.165) is 38.9 Å². The molecule has 5 heteroatoms. The molecule has 1 heterocycles. The molecule has 2 atom stereocenters. The zero-order valence-electron chi connectivity index (χ0n) is 13.2. The number of hydrogen-bond acceptors (Lipinski definition) is 3. The number of hydrogen-bond donors (Lipinski definition) is 2. The Balaban J connectivity index is 0.00000220. The van der Waals surface area contributed by atoms with Crippen LogP contribution in [0.1, 0.15) is 58.3 Å². The van der Waals surface area contributed by atoms with Gasteiger partial charge in [-0.3, -0.25) is 4.79 Å². The van der Waals surface area contributed by atoms with Gasteiger partial charge in [0.2, 0.25) is 5.91 Å². The van der Waals surface area contributed by atoms with Crippen LogP contribution in [0.15, 0.2) is 0 Å². The smallest absolute Gasteiger partial charge is 0.249 e. The number of rotatable bonds is 6. The first-order valence-electron chi connectivity index (χ1n) is 8.43. The summed E-state index contributed by atoms with van der Waals surface area (Å²) in [5, 5.41) is 6.47. The van der Waals surface area contributed by atoms with E-state index in [9.17, 15) is 4.79 Å². The standard InChI is InChI=1S/C16H30N2O2.ClH/c1-2-15(20-14-8-4-3-5-9-14)16(19)18-12-13-7-6-10-17-11-13;/h13-15,17H,2-12H2,1H3,(H,18,19);1H. The van der Waals surface area contributed by atoms with E-state index in [-0.39, 0.29) is 24.4 Å². The molecule has 1 aliphatic carbocycles. The second-order valence-corrected chi connectivity index (χ2v) is 6.25. The Hall–Kier alpha value is -0.320. The number of halogens is 1. The molecule has 0 aromatic rings. The van der Waals surface area contributed by atoms with Gasteiger partial charge in [0.25, 0.3) is 0 Å². The highest BCUT2D eigenvalue weighted by Crippen LogP contribution is 2.22. The van der Waals surface area contributed by atoms with Gasteiger partial charge in [0.1, 0.15) is 6.10 Å². The molecule has 2 unspecified atom stereocenters. The summed E-state index contributed by atoms with van der Waals surface area (Å²) < 4.78 is 6.01. The minimum Gasteiger partial charge on any atom is -0.365 e. The van der Waals surface area contributed by atoms with E-state index in [1.807, 2.05) is 6.92 Å². The lowest BCUT2D eigenvalue weighted by Crippen LogP contribution is -2.43. The van der Waals surface area contributed by atoms with Crippen molar-refractivity contribution in [2.45, 2.75) is 70.5 Å². The van der Waals surface area contributed by atoms with Crippen LogP contribution in [-0.4, -0.2) is 37.7 Å². The lowest BCUT2D eigenvalue weighted by atomic mass is 9.97. The van der Waals surface area contributed by atoms with Crippen LogP contribution in [-0.2, 0) is 9.53 Å². The fourth-order valence-electron chi connectivity index (χ4n) is 3.23. The maximum atomic E-state index is 12.2. The van der Waals surface area contributed by atoms with Crippen molar-refractivity contribution in [2.75, 3.05) is 19.6 Å². The molecule has 0 aromatic carbocycles. The third-order valence-corrected chi connectivity index (χ3v) is 4.54.